The molecule has 2 aromatic heterocycles. The van der Waals surface area contributed by atoms with Gasteiger partial charge in [-0.1, -0.05) is 12.1 Å². The van der Waals surface area contributed by atoms with Crippen LogP contribution in [0.5, 0.6) is 0 Å². The summed E-state index contributed by atoms with van der Waals surface area (Å²) >= 11 is 0. The lowest BCUT2D eigenvalue weighted by Gasteiger charge is -2.01. The van der Waals surface area contributed by atoms with Crippen LogP contribution in [0, 0.1) is 0 Å². The summed E-state index contributed by atoms with van der Waals surface area (Å²) in [6.45, 7) is 2.18. The first-order chi connectivity index (χ1) is 11.8. The van der Waals surface area contributed by atoms with Gasteiger partial charge in [-0.15, -0.1) is 0 Å². The number of aryl methyl sites for hydroxylation is 2. The number of nitrogens with one attached hydrogen (secondary N) is 1. The van der Waals surface area contributed by atoms with Gasteiger partial charge in [0.25, 0.3) is 0 Å². The van der Waals surface area contributed by atoms with E-state index in [4.69, 9.17) is 4.74 Å². The Morgan fingerprint density at radius 3 is 2.96 bits per heavy atom. The zero-order valence-electron chi connectivity index (χ0n) is 13.7. The quantitative estimate of drug-likeness (QED) is 0.553. The largest absolute Gasteiger partial charge is 0.463 e. The zero-order valence-corrected chi connectivity index (χ0v) is 13.7. The predicted molar refractivity (Wildman–Crippen MR) is 95.6 cm³/mol. The number of aromatic amines is 1. The second-order valence-electron chi connectivity index (χ2n) is 5.53. The van der Waals surface area contributed by atoms with Crippen molar-refractivity contribution in [1.29, 1.82) is 0 Å². The molecule has 1 aromatic carbocycles. The molecule has 0 unspecified atom stereocenters. The van der Waals surface area contributed by atoms with Gasteiger partial charge < -0.3 is 9.72 Å². The lowest BCUT2D eigenvalue weighted by Crippen LogP contribution is -1.98. The molecule has 0 bridgehead atoms. The molecule has 3 rings (SSSR count). The van der Waals surface area contributed by atoms with Crippen molar-refractivity contribution in [3.05, 3.63) is 71.7 Å². The molecule has 4 heteroatoms. The van der Waals surface area contributed by atoms with Crippen LogP contribution in [0.2, 0.25) is 0 Å². The molecule has 0 fully saturated rings. The Morgan fingerprint density at radius 2 is 2.17 bits per heavy atom. The first-order valence-electron chi connectivity index (χ1n) is 8.11. The van der Waals surface area contributed by atoms with Gasteiger partial charge in [-0.25, -0.2) is 4.79 Å². The number of esters is 1. The highest BCUT2D eigenvalue weighted by Gasteiger charge is 2.05. The van der Waals surface area contributed by atoms with Crippen LogP contribution in [0.3, 0.4) is 0 Å². The molecule has 4 nitrogen and oxygen atoms in total. The van der Waals surface area contributed by atoms with Gasteiger partial charge in [0.2, 0.25) is 0 Å². The first-order valence-corrected chi connectivity index (χ1v) is 8.11. The van der Waals surface area contributed by atoms with E-state index in [1.807, 2.05) is 42.7 Å². The van der Waals surface area contributed by atoms with Crippen LogP contribution in [0.25, 0.3) is 17.0 Å². The standard InChI is InChI=1S/C20H20N2O2/c1-2-24-20(23)11-7-15-6-10-19-18(13-15)16(14-22-19)8-9-17-5-3-4-12-21-17/h3-7,10-14,22H,2,8-9H2,1H3. The molecule has 0 spiro atoms. The molecule has 0 radical (unpaired) electrons. The normalized spacial score (nSPS) is 11.2. The van der Waals surface area contributed by atoms with Gasteiger partial charge in [0.05, 0.1) is 6.61 Å². The van der Waals surface area contributed by atoms with E-state index in [2.05, 4.69) is 16.0 Å². The number of rotatable bonds is 6. The van der Waals surface area contributed by atoms with Gasteiger partial charge in [0, 0.05) is 35.1 Å². The maximum atomic E-state index is 11.4. The second-order valence-corrected chi connectivity index (χ2v) is 5.53. The van der Waals surface area contributed by atoms with E-state index in [9.17, 15) is 4.79 Å². The number of hydrogen-bond acceptors (Lipinski definition) is 3. The molecule has 0 aliphatic rings. The minimum atomic E-state index is -0.318. The molecule has 0 aliphatic heterocycles. The lowest BCUT2D eigenvalue weighted by atomic mass is 10.0. The molecule has 122 valence electrons. The maximum absolute atomic E-state index is 11.4. The topological polar surface area (TPSA) is 55.0 Å². The number of carbonyl (C=O) groups is 1. The molecule has 0 aliphatic carbocycles. The van der Waals surface area contributed by atoms with Crippen molar-refractivity contribution in [2.45, 2.75) is 19.8 Å². The van der Waals surface area contributed by atoms with Crippen LogP contribution >= 0.6 is 0 Å². The molecule has 0 atom stereocenters. The van der Waals surface area contributed by atoms with Crippen LogP contribution in [-0.2, 0) is 22.4 Å². The summed E-state index contributed by atoms with van der Waals surface area (Å²) in [6.07, 6.45) is 8.94. The highest BCUT2D eigenvalue weighted by molar-refractivity contribution is 5.89. The monoisotopic (exact) mass is 320 g/mol. The van der Waals surface area contributed by atoms with E-state index >= 15 is 0 Å². The van der Waals surface area contributed by atoms with Crippen molar-refractivity contribution in [2.24, 2.45) is 0 Å². The molecular formula is C20H20N2O2. The Labute approximate surface area is 141 Å². The molecule has 24 heavy (non-hydrogen) atoms. The Hall–Kier alpha value is -2.88. The van der Waals surface area contributed by atoms with E-state index < -0.39 is 0 Å². The molecule has 0 saturated carbocycles. The molecule has 1 N–H and O–H groups in total. The average molecular weight is 320 g/mol. The van der Waals surface area contributed by atoms with Gasteiger partial charge >= 0.3 is 5.97 Å². The van der Waals surface area contributed by atoms with Crippen molar-refractivity contribution in [2.75, 3.05) is 6.61 Å². The van der Waals surface area contributed by atoms with E-state index in [1.165, 1.54) is 17.0 Å². The van der Waals surface area contributed by atoms with Crippen molar-refractivity contribution >= 4 is 22.9 Å². The number of pyridine rings is 1. The summed E-state index contributed by atoms with van der Waals surface area (Å²) in [4.78, 5) is 19.1. The smallest absolute Gasteiger partial charge is 0.330 e. The first kappa shape index (κ1) is 16.0. The van der Waals surface area contributed by atoms with E-state index in [1.54, 1.807) is 13.0 Å². The van der Waals surface area contributed by atoms with Crippen LogP contribution in [0.1, 0.15) is 23.7 Å². The summed E-state index contributed by atoms with van der Waals surface area (Å²) in [7, 11) is 0. The van der Waals surface area contributed by atoms with Crippen molar-refractivity contribution < 1.29 is 9.53 Å². The fourth-order valence-electron chi connectivity index (χ4n) is 2.67. The van der Waals surface area contributed by atoms with Gasteiger partial charge in [-0.2, -0.15) is 0 Å². The van der Waals surface area contributed by atoms with Crippen molar-refractivity contribution in [3.63, 3.8) is 0 Å². The number of aromatic nitrogens is 2. The van der Waals surface area contributed by atoms with E-state index in [-0.39, 0.29) is 5.97 Å². The van der Waals surface area contributed by atoms with Crippen molar-refractivity contribution in [3.8, 4) is 0 Å². The van der Waals surface area contributed by atoms with E-state index in [0.717, 1.165) is 29.6 Å². The lowest BCUT2D eigenvalue weighted by molar-refractivity contribution is -0.137. The number of fused-ring (bicyclic) bond motifs is 1. The third-order valence-corrected chi connectivity index (χ3v) is 3.87. The summed E-state index contributed by atoms with van der Waals surface area (Å²) in [5, 5.41) is 1.18. The highest BCUT2D eigenvalue weighted by Crippen LogP contribution is 2.22. The maximum Gasteiger partial charge on any atom is 0.330 e. The SMILES string of the molecule is CCOC(=O)C=Cc1ccc2[nH]cc(CCc3ccccn3)c2c1. The number of hydrogen-bond donors (Lipinski definition) is 1. The fourth-order valence-corrected chi connectivity index (χ4v) is 2.67. The third-order valence-electron chi connectivity index (χ3n) is 3.87. The summed E-state index contributed by atoms with van der Waals surface area (Å²) in [5.74, 6) is -0.318. The van der Waals surface area contributed by atoms with E-state index in [0.29, 0.717) is 6.61 Å². The number of nitrogens with zero attached hydrogens (tertiary/aromatic N) is 1. The summed E-state index contributed by atoms with van der Waals surface area (Å²) in [6, 6.07) is 12.1. The molecule has 0 amide bonds. The number of carbonyl (C=O) groups excluding carboxylic acids is 1. The summed E-state index contributed by atoms with van der Waals surface area (Å²) < 4.78 is 4.91. The average Bonchev–Trinajstić information content (AvgIpc) is 3.02. The molecule has 3 aromatic rings. The number of H-pyrrole nitrogens is 1. The van der Waals surface area contributed by atoms with Gasteiger partial charge in [-0.05, 0) is 61.2 Å². The minimum absolute atomic E-state index is 0.318. The Bertz CT molecular complexity index is 850. The van der Waals surface area contributed by atoms with Crippen LogP contribution in [0.15, 0.2) is 54.9 Å². The Balaban J connectivity index is 1.77. The van der Waals surface area contributed by atoms with Crippen LogP contribution in [0.4, 0.5) is 0 Å². The van der Waals surface area contributed by atoms with Gasteiger partial charge in [0.1, 0.15) is 0 Å². The Morgan fingerprint density at radius 1 is 1.25 bits per heavy atom. The fraction of sp³-hybridized carbons (Fsp3) is 0.200. The van der Waals surface area contributed by atoms with Gasteiger partial charge in [-0.3, -0.25) is 4.98 Å². The summed E-state index contributed by atoms with van der Waals surface area (Å²) in [5.41, 5.74) is 4.42. The second kappa shape index (κ2) is 7.59. The van der Waals surface area contributed by atoms with Crippen LogP contribution in [-0.4, -0.2) is 22.5 Å². The van der Waals surface area contributed by atoms with Crippen molar-refractivity contribution in [1.82, 2.24) is 9.97 Å². The molecule has 0 saturated heterocycles. The third kappa shape index (κ3) is 3.90. The highest BCUT2D eigenvalue weighted by atomic mass is 16.5. The van der Waals surface area contributed by atoms with Gasteiger partial charge in [0.15, 0.2) is 0 Å². The molecule has 2 heterocycles. The Kier molecular flexibility index (Phi) is 5.06. The van der Waals surface area contributed by atoms with Crippen LogP contribution < -0.4 is 0 Å². The number of benzene rings is 1. The minimum Gasteiger partial charge on any atom is -0.463 e. The molecular weight excluding hydrogens is 300 g/mol. The number of ether oxygens (including phenoxy) is 1. The zero-order chi connectivity index (χ0) is 16.8. The predicted octanol–water partition coefficient (Wildman–Crippen LogP) is 3.92.